The predicted octanol–water partition coefficient (Wildman–Crippen LogP) is 3.60. The maximum Gasteiger partial charge on any atom is 0.127 e. The molecule has 0 saturated heterocycles. The van der Waals surface area contributed by atoms with Crippen molar-refractivity contribution in [2.45, 2.75) is 25.5 Å². The number of halogens is 1. The van der Waals surface area contributed by atoms with Gasteiger partial charge in [-0.15, -0.1) is 0 Å². The molecule has 0 aliphatic heterocycles. The normalized spacial score (nSPS) is 13.1. The first-order valence-corrected chi connectivity index (χ1v) is 6.76. The molecule has 0 heterocycles. The van der Waals surface area contributed by atoms with Gasteiger partial charge in [-0.05, 0) is 24.2 Å². The van der Waals surface area contributed by atoms with Crippen LogP contribution < -0.4 is 5.73 Å². The van der Waals surface area contributed by atoms with Crippen molar-refractivity contribution in [3.8, 4) is 0 Å². The van der Waals surface area contributed by atoms with Gasteiger partial charge in [-0.2, -0.15) is 11.8 Å². The van der Waals surface area contributed by atoms with Crippen LogP contribution >= 0.6 is 11.8 Å². The molecule has 0 fully saturated rings. The fourth-order valence-electron chi connectivity index (χ4n) is 1.47. The van der Waals surface area contributed by atoms with Gasteiger partial charge in [0.15, 0.2) is 0 Å². The zero-order valence-corrected chi connectivity index (χ0v) is 10.8. The molecule has 1 nitrogen and oxygen atoms in total. The maximum absolute atomic E-state index is 13.5. The van der Waals surface area contributed by atoms with Crippen molar-refractivity contribution in [2.24, 2.45) is 11.7 Å². The first-order chi connectivity index (χ1) is 7.65. The largest absolute Gasteiger partial charge is 0.329 e. The van der Waals surface area contributed by atoms with Gasteiger partial charge in [0.25, 0.3) is 0 Å². The minimum Gasteiger partial charge on any atom is -0.329 e. The third kappa shape index (κ3) is 4.14. The number of rotatable bonds is 6. The summed E-state index contributed by atoms with van der Waals surface area (Å²) in [5.74, 6) is 1.58. The average molecular weight is 241 g/mol. The van der Waals surface area contributed by atoms with E-state index in [0.717, 1.165) is 17.7 Å². The van der Waals surface area contributed by atoms with Gasteiger partial charge in [0.1, 0.15) is 5.82 Å². The third-order valence-electron chi connectivity index (χ3n) is 2.48. The number of nitrogens with two attached hydrogens (primary N) is 1. The molecular formula is C13H20FNS. The van der Waals surface area contributed by atoms with Crippen LogP contribution in [-0.2, 0) is 0 Å². The summed E-state index contributed by atoms with van der Waals surface area (Å²) in [4.78, 5) is 0. The van der Waals surface area contributed by atoms with Crippen LogP contribution in [0.25, 0.3) is 0 Å². The molecule has 0 radical (unpaired) electrons. The van der Waals surface area contributed by atoms with Gasteiger partial charge in [0.05, 0.1) is 0 Å². The molecule has 0 aliphatic rings. The van der Waals surface area contributed by atoms with Crippen molar-refractivity contribution in [1.82, 2.24) is 0 Å². The molecule has 3 heteroatoms. The Morgan fingerprint density at radius 1 is 1.31 bits per heavy atom. The second-order valence-corrected chi connectivity index (χ2v) is 5.61. The molecule has 1 aromatic rings. The van der Waals surface area contributed by atoms with Gasteiger partial charge in [-0.25, -0.2) is 4.39 Å². The smallest absolute Gasteiger partial charge is 0.127 e. The Kier molecular flexibility index (Phi) is 5.85. The van der Waals surface area contributed by atoms with E-state index in [0.29, 0.717) is 12.5 Å². The van der Waals surface area contributed by atoms with Crippen LogP contribution in [0.5, 0.6) is 0 Å². The van der Waals surface area contributed by atoms with Crippen molar-refractivity contribution in [3.63, 3.8) is 0 Å². The van der Waals surface area contributed by atoms with Crippen LogP contribution in [0.4, 0.5) is 4.39 Å². The topological polar surface area (TPSA) is 26.0 Å². The number of thioether (sulfide) groups is 1. The van der Waals surface area contributed by atoms with E-state index in [2.05, 4.69) is 13.8 Å². The number of hydrogen-bond donors (Lipinski definition) is 1. The highest BCUT2D eigenvalue weighted by Crippen LogP contribution is 2.30. The van der Waals surface area contributed by atoms with E-state index < -0.39 is 0 Å². The highest BCUT2D eigenvalue weighted by Gasteiger charge is 2.14. The van der Waals surface area contributed by atoms with Crippen LogP contribution in [0, 0.1) is 11.7 Å². The number of hydrogen-bond acceptors (Lipinski definition) is 2. The molecule has 1 unspecified atom stereocenters. The first-order valence-electron chi connectivity index (χ1n) is 5.71. The van der Waals surface area contributed by atoms with Crippen LogP contribution in [-0.4, -0.2) is 12.3 Å². The van der Waals surface area contributed by atoms with Crippen molar-refractivity contribution >= 4 is 11.8 Å². The molecule has 90 valence electrons. The van der Waals surface area contributed by atoms with Crippen LogP contribution in [0.15, 0.2) is 24.3 Å². The van der Waals surface area contributed by atoms with E-state index in [1.54, 1.807) is 17.8 Å². The monoisotopic (exact) mass is 241 g/mol. The molecule has 1 atom stereocenters. The summed E-state index contributed by atoms with van der Waals surface area (Å²) < 4.78 is 13.5. The first kappa shape index (κ1) is 13.5. The van der Waals surface area contributed by atoms with Crippen LogP contribution in [0.3, 0.4) is 0 Å². The molecule has 0 amide bonds. The Morgan fingerprint density at radius 3 is 2.56 bits per heavy atom. The summed E-state index contributed by atoms with van der Waals surface area (Å²) in [5.41, 5.74) is 6.44. The lowest BCUT2D eigenvalue weighted by atomic mass is 10.1. The van der Waals surface area contributed by atoms with Gasteiger partial charge < -0.3 is 5.73 Å². The van der Waals surface area contributed by atoms with Crippen LogP contribution in [0.1, 0.15) is 31.1 Å². The lowest BCUT2D eigenvalue weighted by Gasteiger charge is -2.16. The van der Waals surface area contributed by atoms with Gasteiger partial charge >= 0.3 is 0 Å². The molecule has 0 aliphatic carbocycles. The molecule has 0 spiro atoms. The van der Waals surface area contributed by atoms with E-state index in [9.17, 15) is 4.39 Å². The van der Waals surface area contributed by atoms with E-state index >= 15 is 0 Å². The van der Waals surface area contributed by atoms with Crippen LogP contribution in [0.2, 0.25) is 0 Å². The summed E-state index contributed by atoms with van der Waals surface area (Å²) in [7, 11) is 0. The van der Waals surface area contributed by atoms with Crippen molar-refractivity contribution in [2.75, 3.05) is 12.3 Å². The second kappa shape index (κ2) is 6.92. The van der Waals surface area contributed by atoms with Gasteiger partial charge in [0.2, 0.25) is 0 Å². The summed E-state index contributed by atoms with van der Waals surface area (Å²) in [6.07, 6.45) is 1.15. The molecule has 0 bridgehead atoms. The third-order valence-corrected chi connectivity index (χ3v) is 3.80. The summed E-state index contributed by atoms with van der Waals surface area (Å²) in [6, 6.07) is 6.91. The predicted molar refractivity (Wildman–Crippen MR) is 70.1 cm³/mol. The SMILES string of the molecule is CC(C)CCSC(CN)c1ccccc1F. The fraction of sp³-hybridized carbons (Fsp3) is 0.538. The molecular weight excluding hydrogens is 221 g/mol. The Labute approximate surface area is 102 Å². The maximum atomic E-state index is 13.5. The Morgan fingerprint density at radius 2 is 2.00 bits per heavy atom. The Balaban J connectivity index is 2.57. The summed E-state index contributed by atoms with van der Waals surface area (Å²) in [5, 5.41) is 0.0833. The molecule has 0 aromatic heterocycles. The summed E-state index contributed by atoms with van der Waals surface area (Å²) >= 11 is 1.75. The Hall–Kier alpha value is -0.540. The highest BCUT2D eigenvalue weighted by molar-refractivity contribution is 7.99. The molecule has 1 rings (SSSR count). The fourth-order valence-corrected chi connectivity index (χ4v) is 2.87. The standard InChI is InChI=1S/C13H20FNS/c1-10(2)7-8-16-13(9-15)11-5-3-4-6-12(11)14/h3-6,10,13H,7-9,15H2,1-2H3. The van der Waals surface area contributed by atoms with Crippen molar-refractivity contribution in [1.29, 1.82) is 0 Å². The molecule has 1 aromatic carbocycles. The molecule has 2 N–H and O–H groups in total. The average Bonchev–Trinajstić information content (AvgIpc) is 2.25. The minimum absolute atomic E-state index is 0.0833. The lowest BCUT2D eigenvalue weighted by molar-refractivity contribution is 0.607. The molecule has 0 saturated carbocycles. The van der Waals surface area contributed by atoms with E-state index in [-0.39, 0.29) is 11.1 Å². The minimum atomic E-state index is -0.144. The van der Waals surface area contributed by atoms with E-state index in [1.807, 2.05) is 12.1 Å². The van der Waals surface area contributed by atoms with Crippen molar-refractivity contribution in [3.05, 3.63) is 35.6 Å². The van der Waals surface area contributed by atoms with Crippen molar-refractivity contribution < 1.29 is 4.39 Å². The van der Waals surface area contributed by atoms with E-state index in [1.165, 1.54) is 6.07 Å². The van der Waals surface area contributed by atoms with Gasteiger partial charge in [-0.3, -0.25) is 0 Å². The quantitative estimate of drug-likeness (QED) is 0.823. The zero-order valence-electron chi connectivity index (χ0n) is 9.95. The van der Waals surface area contributed by atoms with Gasteiger partial charge in [0, 0.05) is 17.4 Å². The lowest BCUT2D eigenvalue weighted by Crippen LogP contribution is -2.11. The highest BCUT2D eigenvalue weighted by atomic mass is 32.2. The van der Waals surface area contributed by atoms with E-state index in [4.69, 9.17) is 5.73 Å². The zero-order chi connectivity index (χ0) is 12.0. The molecule has 16 heavy (non-hydrogen) atoms. The Bertz CT molecular complexity index is 315. The summed E-state index contributed by atoms with van der Waals surface area (Å²) in [6.45, 7) is 4.88. The second-order valence-electron chi connectivity index (χ2n) is 4.30. The number of benzene rings is 1. The van der Waals surface area contributed by atoms with Gasteiger partial charge in [-0.1, -0.05) is 32.0 Å².